The van der Waals surface area contributed by atoms with Crippen molar-refractivity contribution in [1.82, 2.24) is 20.0 Å². The van der Waals surface area contributed by atoms with Crippen LogP contribution in [0.4, 0.5) is 5.69 Å². The van der Waals surface area contributed by atoms with Gasteiger partial charge in [0.2, 0.25) is 0 Å². The van der Waals surface area contributed by atoms with E-state index in [1.807, 2.05) is 17.0 Å². The Morgan fingerprint density at radius 3 is 2.31 bits per heavy atom. The number of likely N-dealkylation sites (N-methyl/N-ethyl adjacent to an activating group) is 1. The number of rotatable bonds is 7. The van der Waals surface area contributed by atoms with E-state index >= 15 is 0 Å². The lowest BCUT2D eigenvalue weighted by Gasteiger charge is -2.30. The molecular weight excluding hydrogens is 386 g/mol. The van der Waals surface area contributed by atoms with E-state index in [9.17, 15) is 9.90 Å². The summed E-state index contributed by atoms with van der Waals surface area (Å²) in [6.07, 6.45) is 0.953. The van der Waals surface area contributed by atoms with Crippen molar-refractivity contribution in [3.63, 3.8) is 0 Å². The van der Waals surface area contributed by atoms with Gasteiger partial charge in [-0.1, -0.05) is 19.1 Å². The van der Waals surface area contributed by atoms with Gasteiger partial charge in [-0.25, -0.2) is 0 Å². The highest BCUT2D eigenvalue weighted by atomic mass is 32.1. The molecule has 1 aromatic rings. The molecule has 2 N–H and O–H groups in total. The van der Waals surface area contributed by atoms with E-state index < -0.39 is 5.97 Å². The summed E-state index contributed by atoms with van der Waals surface area (Å²) in [5, 5.41) is 15.0. The molecule has 0 unspecified atom stereocenters. The molecule has 0 spiro atoms. The van der Waals surface area contributed by atoms with E-state index in [-0.39, 0.29) is 6.54 Å². The van der Waals surface area contributed by atoms with Crippen LogP contribution >= 0.6 is 12.2 Å². The van der Waals surface area contributed by atoms with Crippen LogP contribution in [0.25, 0.3) is 0 Å². The SMILES string of the molecule is CCN1CCNCCN(CC(=O)O)CCN(CCc2ccc(N=C=S)cc2)CC1. The van der Waals surface area contributed by atoms with E-state index in [4.69, 9.17) is 0 Å². The van der Waals surface area contributed by atoms with Crippen molar-refractivity contribution in [2.45, 2.75) is 13.3 Å². The smallest absolute Gasteiger partial charge is 0.317 e. The molecule has 0 saturated carbocycles. The van der Waals surface area contributed by atoms with E-state index in [0.717, 1.165) is 77.6 Å². The van der Waals surface area contributed by atoms with Crippen LogP contribution in [0.2, 0.25) is 0 Å². The fourth-order valence-electron chi connectivity index (χ4n) is 3.47. The maximum absolute atomic E-state index is 11.2. The lowest BCUT2D eigenvalue weighted by atomic mass is 10.1. The molecular formula is C21H33N5O2S. The number of benzene rings is 1. The van der Waals surface area contributed by atoms with Gasteiger partial charge in [0, 0.05) is 58.9 Å². The Balaban J connectivity index is 1.97. The molecule has 1 saturated heterocycles. The summed E-state index contributed by atoms with van der Waals surface area (Å²) in [6.45, 7) is 11.5. The molecule has 1 heterocycles. The van der Waals surface area contributed by atoms with Crippen LogP contribution in [0, 0.1) is 0 Å². The van der Waals surface area contributed by atoms with Crippen molar-refractivity contribution in [2.75, 3.05) is 72.0 Å². The summed E-state index contributed by atoms with van der Waals surface area (Å²) >= 11 is 4.65. The van der Waals surface area contributed by atoms with Crippen molar-refractivity contribution in [2.24, 2.45) is 4.99 Å². The normalized spacial score (nSPS) is 18.4. The predicted molar refractivity (Wildman–Crippen MR) is 120 cm³/mol. The van der Waals surface area contributed by atoms with Crippen LogP contribution < -0.4 is 5.32 Å². The van der Waals surface area contributed by atoms with E-state index in [1.54, 1.807) is 0 Å². The van der Waals surface area contributed by atoms with Gasteiger partial charge in [0.25, 0.3) is 0 Å². The number of isothiocyanates is 1. The van der Waals surface area contributed by atoms with Gasteiger partial charge < -0.3 is 20.2 Å². The first kappa shape index (κ1) is 23.6. The van der Waals surface area contributed by atoms with Gasteiger partial charge in [-0.3, -0.25) is 9.69 Å². The van der Waals surface area contributed by atoms with E-state index in [2.05, 4.69) is 56.5 Å². The first-order chi connectivity index (χ1) is 14.1. The Kier molecular flexibility index (Phi) is 11.0. The molecule has 0 aliphatic carbocycles. The average Bonchev–Trinajstić information content (AvgIpc) is 2.70. The molecule has 1 aliphatic heterocycles. The zero-order chi connectivity index (χ0) is 20.9. The number of hydrogen-bond donors (Lipinski definition) is 2. The highest BCUT2D eigenvalue weighted by Gasteiger charge is 2.14. The molecule has 0 aromatic heterocycles. The molecule has 2 rings (SSSR count). The first-order valence-corrected chi connectivity index (χ1v) is 10.8. The second kappa shape index (κ2) is 13.5. The third-order valence-corrected chi connectivity index (χ3v) is 5.40. The topological polar surface area (TPSA) is 71.4 Å². The van der Waals surface area contributed by atoms with Crippen molar-refractivity contribution in [1.29, 1.82) is 0 Å². The van der Waals surface area contributed by atoms with Gasteiger partial charge >= 0.3 is 5.97 Å². The molecule has 160 valence electrons. The molecule has 0 amide bonds. The fourth-order valence-corrected chi connectivity index (χ4v) is 3.57. The molecule has 1 aromatic carbocycles. The quantitative estimate of drug-likeness (QED) is 0.514. The van der Waals surface area contributed by atoms with E-state index in [0.29, 0.717) is 0 Å². The number of nitrogens with one attached hydrogen (secondary N) is 1. The van der Waals surface area contributed by atoms with Gasteiger partial charge in [0.1, 0.15) is 0 Å². The van der Waals surface area contributed by atoms with Gasteiger partial charge in [-0.2, -0.15) is 4.99 Å². The molecule has 1 aliphatic rings. The van der Waals surface area contributed by atoms with Crippen LogP contribution in [0.3, 0.4) is 0 Å². The van der Waals surface area contributed by atoms with Crippen LogP contribution in [0.5, 0.6) is 0 Å². The predicted octanol–water partition coefficient (Wildman–Crippen LogP) is 1.58. The molecule has 8 heteroatoms. The van der Waals surface area contributed by atoms with E-state index in [1.165, 1.54) is 5.56 Å². The summed E-state index contributed by atoms with van der Waals surface area (Å²) in [5.74, 6) is -0.764. The average molecular weight is 420 g/mol. The Morgan fingerprint density at radius 2 is 1.69 bits per heavy atom. The number of hydrogen-bond acceptors (Lipinski definition) is 7. The highest BCUT2D eigenvalue weighted by Crippen LogP contribution is 2.13. The summed E-state index contributed by atoms with van der Waals surface area (Å²) in [7, 11) is 0. The fraction of sp³-hybridized carbons (Fsp3) is 0.619. The molecule has 0 atom stereocenters. The van der Waals surface area contributed by atoms with Gasteiger partial charge in [-0.05, 0) is 42.9 Å². The number of nitrogens with zero attached hydrogens (tertiary/aromatic N) is 4. The minimum Gasteiger partial charge on any atom is -0.480 e. The molecule has 7 nitrogen and oxygen atoms in total. The zero-order valence-corrected chi connectivity index (χ0v) is 18.2. The minimum absolute atomic E-state index is 0.0957. The second-order valence-corrected chi connectivity index (χ2v) is 7.50. The van der Waals surface area contributed by atoms with Crippen molar-refractivity contribution in [3.05, 3.63) is 29.8 Å². The third-order valence-electron chi connectivity index (χ3n) is 5.31. The Bertz CT molecular complexity index is 664. The van der Waals surface area contributed by atoms with Crippen LogP contribution in [-0.4, -0.2) is 103 Å². The van der Waals surface area contributed by atoms with Crippen LogP contribution in [0.15, 0.2) is 29.3 Å². The Hall–Kier alpha value is -1.67. The maximum Gasteiger partial charge on any atom is 0.317 e. The molecule has 29 heavy (non-hydrogen) atoms. The monoisotopic (exact) mass is 419 g/mol. The Labute approximate surface area is 179 Å². The number of carbonyl (C=O) groups is 1. The molecule has 1 fully saturated rings. The number of thiocarbonyl (C=S) groups is 1. The number of aliphatic carboxylic acids is 1. The number of carboxylic acid groups (broad SMARTS) is 1. The van der Waals surface area contributed by atoms with Gasteiger partial charge in [-0.15, -0.1) is 0 Å². The Morgan fingerprint density at radius 1 is 1.07 bits per heavy atom. The number of carboxylic acids is 1. The maximum atomic E-state index is 11.2. The van der Waals surface area contributed by atoms with Crippen LogP contribution in [0.1, 0.15) is 12.5 Å². The summed E-state index contributed by atoms with van der Waals surface area (Å²) in [6, 6.07) is 8.10. The summed E-state index contributed by atoms with van der Waals surface area (Å²) in [4.78, 5) is 22.1. The van der Waals surface area contributed by atoms with Crippen molar-refractivity contribution >= 4 is 29.0 Å². The third kappa shape index (κ3) is 9.58. The summed E-state index contributed by atoms with van der Waals surface area (Å²) < 4.78 is 0. The molecule has 0 radical (unpaired) electrons. The van der Waals surface area contributed by atoms with Gasteiger partial charge in [0.05, 0.1) is 17.4 Å². The lowest BCUT2D eigenvalue weighted by Crippen LogP contribution is -2.46. The minimum atomic E-state index is -0.764. The number of aliphatic imine (C=N–C) groups is 1. The standard InChI is InChI=1S/C21H33N5O2S/c1-2-24-11-8-22-9-12-26(17-21(27)28)16-15-25(14-13-24)10-7-19-3-5-20(6-4-19)23-18-29/h3-6,22H,2,7-17H2,1H3,(H,27,28). The zero-order valence-electron chi connectivity index (χ0n) is 17.3. The largest absolute Gasteiger partial charge is 0.480 e. The lowest BCUT2D eigenvalue weighted by molar-refractivity contribution is -0.138. The second-order valence-electron chi connectivity index (χ2n) is 7.32. The highest BCUT2D eigenvalue weighted by molar-refractivity contribution is 7.78. The van der Waals surface area contributed by atoms with Crippen molar-refractivity contribution in [3.8, 4) is 0 Å². The first-order valence-electron chi connectivity index (χ1n) is 10.4. The van der Waals surface area contributed by atoms with Crippen molar-refractivity contribution < 1.29 is 9.90 Å². The van der Waals surface area contributed by atoms with Crippen LogP contribution in [-0.2, 0) is 11.2 Å². The summed E-state index contributed by atoms with van der Waals surface area (Å²) in [5.41, 5.74) is 2.09. The molecule has 0 bridgehead atoms. The van der Waals surface area contributed by atoms with Gasteiger partial charge in [0.15, 0.2) is 0 Å².